The van der Waals surface area contributed by atoms with Crippen LogP contribution in [0.3, 0.4) is 0 Å². The first-order valence-electron chi connectivity index (χ1n) is 7.39. The number of aliphatic hydroxyl groups is 1. The van der Waals surface area contributed by atoms with E-state index in [2.05, 4.69) is 0 Å². The van der Waals surface area contributed by atoms with E-state index in [0.717, 1.165) is 12.1 Å². The van der Waals surface area contributed by atoms with Gasteiger partial charge in [0.1, 0.15) is 11.7 Å². The van der Waals surface area contributed by atoms with Crippen LogP contribution in [0.1, 0.15) is 32.4 Å². The summed E-state index contributed by atoms with van der Waals surface area (Å²) in [6.07, 6.45) is -1.79. The molecule has 0 spiro atoms. The third-order valence-electron chi connectivity index (χ3n) is 3.44. The predicted molar refractivity (Wildman–Crippen MR) is 78.9 cm³/mol. The van der Waals surface area contributed by atoms with Crippen LogP contribution in [-0.4, -0.2) is 47.5 Å². The Kier molecular flexibility index (Phi) is 5.21. The van der Waals surface area contributed by atoms with Gasteiger partial charge in [-0.05, 0) is 38.5 Å². The monoisotopic (exact) mass is 329 g/mol. The lowest BCUT2D eigenvalue weighted by Crippen LogP contribution is -2.52. The van der Waals surface area contributed by atoms with E-state index >= 15 is 0 Å². The number of nitrogens with zero attached hydrogens (tertiary/aromatic N) is 1. The van der Waals surface area contributed by atoms with E-state index in [1.54, 1.807) is 20.8 Å². The van der Waals surface area contributed by atoms with Gasteiger partial charge in [0.05, 0.1) is 19.3 Å². The minimum atomic E-state index is -1.21. The Balaban J connectivity index is 2.19. The van der Waals surface area contributed by atoms with E-state index in [0.29, 0.717) is 6.61 Å². The molecule has 7 heteroatoms. The van der Waals surface area contributed by atoms with Crippen LogP contribution >= 0.6 is 0 Å². The molecule has 0 radical (unpaired) electrons. The van der Waals surface area contributed by atoms with Crippen molar-refractivity contribution < 1.29 is 28.2 Å². The molecule has 1 amide bonds. The Morgan fingerprint density at radius 3 is 2.70 bits per heavy atom. The van der Waals surface area contributed by atoms with Crippen LogP contribution < -0.4 is 0 Å². The quantitative estimate of drug-likeness (QED) is 0.906. The van der Waals surface area contributed by atoms with Crippen molar-refractivity contribution in [1.82, 2.24) is 4.90 Å². The van der Waals surface area contributed by atoms with E-state index < -0.39 is 35.5 Å². The average molecular weight is 329 g/mol. The lowest BCUT2D eigenvalue weighted by atomic mass is 10.0. The molecular formula is C16H21F2NO4. The zero-order valence-electron chi connectivity index (χ0n) is 13.4. The molecule has 23 heavy (non-hydrogen) atoms. The Bertz CT molecular complexity index is 574. The highest BCUT2D eigenvalue weighted by Crippen LogP contribution is 2.26. The maximum atomic E-state index is 13.4. The van der Waals surface area contributed by atoms with Crippen molar-refractivity contribution in [3.63, 3.8) is 0 Å². The predicted octanol–water partition coefficient (Wildman–Crippen LogP) is 2.63. The molecule has 1 aliphatic rings. The number of benzene rings is 1. The van der Waals surface area contributed by atoms with Crippen LogP contribution in [0.15, 0.2) is 18.2 Å². The number of halogens is 2. The normalized spacial score (nSPS) is 20.3. The summed E-state index contributed by atoms with van der Waals surface area (Å²) in [6.45, 7) is 5.88. The highest BCUT2D eigenvalue weighted by Gasteiger charge is 2.36. The van der Waals surface area contributed by atoms with E-state index in [9.17, 15) is 18.7 Å². The van der Waals surface area contributed by atoms with Crippen molar-refractivity contribution in [2.75, 3.05) is 19.8 Å². The second kappa shape index (κ2) is 6.80. The summed E-state index contributed by atoms with van der Waals surface area (Å²) in [5.74, 6) is -2.05. The molecule has 0 aliphatic carbocycles. The summed E-state index contributed by atoms with van der Waals surface area (Å²) >= 11 is 0. The molecular weight excluding hydrogens is 308 g/mol. The van der Waals surface area contributed by atoms with Crippen molar-refractivity contribution in [2.24, 2.45) is 0 Å². The van der Waals surface area contributed by atoms with Crippen molar-refractivity contribution in [3.8, 4) is 0 Å². The second-order valence-corrected chi connectivity index (χ2v) is 6.43. The summed E-state index contributed by atoms with van der Waals surface area (Å²) in [7, 11) is 0. The van der Waals surface area contributed by atoms with Crippen LogP contribution in [0, 0.1) is 11.6 Å². The smallest absolute Gasteiger partial charge is 0.410 e. The molecule has 0 saturated carbocycles. The topological polar surface area (TPSA) is 59.0 Å². The van der Waals surface area contributed by atoms with E-state index in [1.807, 2.05) is 0 Å². The number of morpholine rings is 1. The van der Waals surface area contributed by atoms with Gasteiger partial charge in [-0.3, -0.25) is 4.90 Å². The molecule has 1 saturated heterocycles. The first-order valence-corrected chi connectivity index (χ1v) is 7.39. The number of carbonyl (C=O) groups is 1. The average Bonchev–Trinajstić information content (AvgIpc) is 2.47. The number of amides is 1. The fourth-order valence-electron chi connectivity index (χ4n) is 2.35. The Morgan fingerprint density at radius 2 is 2.09 bits per heavy atom. The molecule has 1 N–H and O–H groups in total. The van der Waals surface area contributed by atoms with Gasteiger partial charge in [-0.25, -0.2) is 13.6 Å². The second-order valence-electron chi connectivity index (χ2n) is 6.43. The number of hydrogen-bond acceptors (Lipinski definition) is 4. The lowest BCUT2D eigenvalue weighted by Gasteiger charge is -2.38. The standard InChI is InChI=1S/C16H21F2NO4/c1-16(2,3)23-15(21)19-6-7-22-9-13(19)14(20)10-4-5-11(17)12(18)8-10/h4-5,8,13-14,20H,6-7,9H2,1-3H3. The van der Waals surface area contributed by atoms with Gasteiger partial charge >= 0.3 is 6.09 Å². The SMILES string of the molecule is CC(C)(C)OC(=O)N1CCOCC1C(O)c1ccc(F)c(F)c1. The minimum Gasteiger partial charge on any atom is -0.444 e. The lowest BCUT2D eigenvalue weighted by molar-refractivity contribution is -0.0673. The summed E-state index contributed by atoms with van der Waals surface area (Å²) in [5, 5.41) is 10.5. The molecule has 1 aliphatic heterocycles. The maximum absolute atomic E-state index is 13.4. The molecule has 1 aromatic rings. The van der Waals surface area contributed by atoms with Crippen LogP contribution in [0.25, 0.3) is 0 Å². The molecule has 5 nitrogen and oxygen atoms in total. The molecule has 2 unspecified atom stereocenters. The number of aliphatic hydroxyl groups excluding tert-OH is 1. The number of ether oxygens (including phenoxy) is 2. The van der Waals surface area contributed by atoms with Gasteiger partial charge < -0.3 is 14.6 Å². The molecule has 0 aromatic heterocycles. The van der Waals surface area contributed by atoms with Crippen molar-refractivity contribution in [3.05, 3.63) is 35.4 Å². The van der Waals surface area contributed by atoms with Gasteiger partial charge in [-0.15, -0.1) is 0 Å². The van der Waals surface area contributed by atoms with Crippen molar-refractivity contribution >= 4 is 6.09 Å². The van der Waals surface area contributed by atoms with Crippen LogP contribution in [0.4, 0.5) is 13.6 Å². The largest absolute Gasteiger partial charge is 0.444 e. The van der Waals surface area contributed by atoms with Crippen molar-refractivity contribution in [2.45, 2.75) is 38.5 Å². The summed E-state index contributed by atoms with van der Waals surface area (Å²) < 4.78 is 37.0. The maximum Gasteiger partial charge on any atom is 0.410 e. The number of rotatable bonds is 2. The zero-order chi connectivity index (χ0) is 17.2. The fraction of sp³-hybridized carbons (Fsp3) is 0.562. The first-order chi connectivity index (χ1) is 10.7. The van der Waals surface area contributed by atoms with Gasteiger partial charge in [0, 0.05) is 6.54 Å². The summed E-state index contributed by atoms with van der Waals surface area (Å²) in [5.41, 5.74) is -0.500. The number of hydrogen-bond donors (Lipinski definition) is 1. The minimum absolute atomic E-state index is 0.0827. The molecule has 2 atom stereocenters. The van der Waals surface area contributed by atoms with Gasteiger partial charge in [0.25, 0.3) is 0 Å². The summed E-state index contributed by atoms with van der Waals surface area (Å²) in [6, 6.07) is 2.41. The third-order valence-corrected chi connectivity index (χ3v) is 3.44. The van der Waals surface area contributed by atoms with Gasteiger partial charge in [0.15, 0.2) is 11.6 Å². The fourth-order valence-corrected chi connectivity index (χ4v) is 2.35. The van der Waals surface area contributed by atoms with E-state index in [4.69, 9.17) is 9.47 Å². The van der Waals surface area contributed by atoms with Gasteiger partial charge in [-0.1, -0.05) is 6.07 Å². The van der Waals surface area contributed by atoms with E-state index in [1.165, 1.54) is 11.0 Å². The summed E-state index contributed by atoms with van der Waals surface area (Å²) in [4.78, 5) is 13.6. The Hall–Kier alpha value is -1.73. The molecule has 0 bridgehead atoms. The van der Waals surface area contributed by atoms with Crippen LogP contribution in [0.5, 0.6) is 0 Å². The highest BCUT2D eigenvalue weighted by molar-refractivity contribution is 5.68. The zero-order valence-corrected chi connectivity index (χ0v) is 13.4. The highest BCUT2D eigenvalue weighted by atomic mass is 19.2. The van der Waals surface area contributed by atoms with Crippen LogP contribution in [0.2, 0.25) is 0 Å². The third kappa shape index (κ3) is 4.39. The van der Waals surface area contributed by atoms with E-state index in [-0.39, 0.29) is 18.7 Å². The van der Waals surface area contributed by atoms with Gasteiger partial charge in [-0.2, -0.15) is 0 Å². The van der Waals surface area contributed by atoms with Crippen LogP contribution in [-0.2, 0) is 9.47 Å². The first kappa shape index (κ1) is 17.6. The molecule has 1 heterocycles. The Morgan fingerprint density at radius 1 is 1.39 bits per heavy atom. The molecule has 1 aromatic carbocycles. The van der Waals surface area contributed by atoms with Crippen molar-refractivity contribution in [1.29, 1.82) is 0 Å². The number of carbonyl (C=O) groups excluding carboxylic acids is 1. The molecule has 1 fully saturated rings. The molecule has 128 valence electrons. The Labute approximate surface area is 133 Å². The molecule has 2 rings (SSSR count). The van der Waals surface area contributed by atoms with Gasteiger partial charge in [0.2, 0.25) is 0 Å².